The first-order valence-electron chi connectivity index (χ1n) is 9.11. The molecular weight excluding hydrogens is 370 g/mol. The van der Waals surface area contributed by atoms with Crippen molar-refractivity contribution in [3.05, 3.63) is 94.3 Å². The summed E-state index contributed by atoms with van der Waals surface area (Å²) in [5.41, 5.74) is 4.28. The van der Waals surface area contributed by atoms with Crippen LogP contribution in [0.25, 0.3) is 10.9 Å². The van der Waals surface area contributed by atoms with Crippen LogP contribution in [0.4, 0.5) is 5.82 Å². The molecule has 0 bridgehead atoms. The summed E-state index contributed by atoms with van der Waals surface area (Å²) in [6, 6.07) is 19.2. The Morgan fingerprint density at radius 3 is 2.64 bits per heavy atom. The molecule has 0 aliphatic rings. The van der Waals surface area contributed by atoms with Crippen LogP contribution in [0.1, 0.15) is 28.4 Å². The predicted molar refractivity (Wildman–Crippen MR) is 113 cm³/mol. The van der Waals surface area contributed by atoms with Crippen LogP contribution >= 0.6 is 11.6 Å². The number of pyridine rings is 2. The van der Waals surface area contributed by atoms with E-state index in [0.717, 1.165) is 33.6 Å². The average molecular weight is 391 g/mol. The number of phenolic OH excluding ortho intramolecular Hbond substituents is 1. The first-order chi connectivity index (χ1) is 13.5. The number of nitrogens with one attached hydrogen (secondary N) is 2. The summed E-state index contributed by atoms with van der Waals surface area (Å²) in [5, 5.41) is 16.1. The van der Waals surface area contributed by atoms with Crippen LogP contribution in [0.5, 0.6) is 5.75 Å². The van der Waals surface area contributed by atoms with E-state index in [-0.39, 0.29) is 11.8 Å². The third-order valence-corrected chi connectivity index (χ3v) is 4.99. The fourth-order valence-electron chi connectivity index (χ4n) is 3.37. The molecule has 140 valence electrons. The molecule has 0 aliphatic heterocycles. The van der Waals surface area contributed by atoms with Gasteiger partial charge >= 0.3 is 0 Å². The van der Waals surface area contributed by atoms with E-state index in [2.05, 4.69) is 15.3 Å². The largest absolute Gasteiger partial charge is 0.505 e. The van der Waals surface area contributed by atoms with Gasteiger partial charge in [0.2, 0.25) is 0 Å². The molecule has 0 aliphatic carbocycles. The van der Waals surface area contributed by atoms with Crippen molar-refractivity contribution in [3.8, 4) is 5.75 Å². The molecule has 5 heteroatoms. The maximum atomic E-state index is 11.1. The Balaban J connectivity index is 1.87. The summed E-state index contributed by atoms with van der Waals surface area (Å²) in [6.45, 7) is 3.95. The SMILES string of the molecule is Cc1cc[nH+]c(N[C@@H](c2cccc(Cl)c2)c2ccc3ccc(C)nc3c2O)c1. The minimum atomic E-state index is -0.302. The van der Waals surface area contributed by atoms with Crippen LogP contribution in [0.3, 0.4) is 0 Å². The second kappa shape index (κ2) is 7.49. The Hall–Kier alpha value is -3.11. The fraction of sp³-hybridized carbons (Fsp3) is 0.130. The molecule has 0 saturated carbocycles. The van der Waals surface area contributed by atoms with Crippen molar-refractivity contribution >= 4 is 28.3 Å². The number of aryl methyl sites for hydroxylation is 2. The minimum absolute atomic E-state index is 0.173. The number of hydrogen-bond donors (Lipinski definition) is 2. The molecule has 1 atom stereocenters. The van der Waals surface area contributed by atoms with E-state index in [0.29, 0.717) is 10.5 Å². The van der Waals surface area contributed by atoms with Crippen molar-refractivity contribution in [1.82, 2.24) is 4.98 Å². The number of nitrogens with zero attached hydrogens (tertiary/aromatic N) is 1. The lowest BCUT2D eigenvalue weighted by Crippen LogP contribution is -2.19. The number of anilines is 1. The lowest BCUT2D eigenvalue weighted by atomic mass is 9.96. The minimum Gasteiger partial charge on any atom is -0.505 e. The molecule has 3 N–H and O–H groups in total. The molecule has 0 amide bonds. The van der Waals surface area contributed by atoms with Crippen molar-refractivity contribution in [1.29, 1.82) is 0 Å². The Kier molecular flexibility index (Phi) is 4.88. The lowest BCUT2D eigenvalue weighted by Gasteiger charge is -2.18. The van der Waals surface area contributed by atoms with E-state index in [1.807, 2.05) is 80.7 Å². The Morgan fingerprint density at radius 1 is 1.04 bits per heavy atom. The monoisotopic (exact) mass is 390 g/mol. The number of hydrogen-bond acceptors (Lipinski definition) is 3. The zero-order valence-electron chi connectivity index (χ0n) is 15.7. The number of fused-ring (bicyclic) bond motifs is 1. The molecule has 4 rings (SSSR count). The fourth-order valence-corrected chi connectivity index (χ4v) is 3.56. The van der Waals surface area contributed by atoms with Crippen molar-refractivity contribution in [2.75, 3.05) is 5.32 Å². The van der Waals surface area contributed by atoms with Gasteiger partial charge in [-0.1, -0.05) is 35.9 Å². The number of phenols is 1. The van der Waals surface area contributed by atoms with E-state index in [1.165, 1.54) is 0 Å². The molecule has 0 fully saturated rings. The highest BCUT2D eigenvalue weighted by Crippen LogP contribution is 2.36. The molecule has 4 nitrogen and oxygen atoms in total. The second-order valence-electron chi connectivity index (χ2n) is 6.94. The van der Waals surface area contributed by atoms with Crippen LogP contribution < -0.4 is 10.3 Å². The topological polar surface area (TPSA) is 59.3 Å². The maximum absolute atomic E-state index is 11.1. The van der Waals surface area contributed by atoms with Crippen LogP contribution in [0, 0.1) is 13.8 Å². The zero-order valence-corrected chi connectivity index (χ0v) is 16.5. The highest BCUT2D eigenvalue weighted by Gasteiger charge is 2.24. The summed E-state index contributed by atoms with van der Waals surface area (Å²) >= 11 is 6.25. The summed E-state index contributed by atoms with van der Waals surface area (Å²) in [7, 11) is 0. The number of benzene rings is 2. The van der Waals surface area contributed by atoms with E-state index >= 15 is 0 Å². The zero-order chi connectivity index (χ0) is 19.7. The normalized spacial score (nSPS) is 12.1. The lowest BCUT2D eigenvalue weighted by molar-refractivity contribution is -0.361. The number of rotatable bonds is 4. The van der Waals surface area contributed by atoms with Gasteiger partial charge in [-0.2, -0.15) is 0 Å². The van der Waals surface area contributed by atoms with E-state index in [4.69, 9.17) is 11.6 Å². The van der Waals surface area contributed by atoms with Crippen LogP contribution in [0.2, 0.25) is 5.02 Å². The molecule has 2 heterocycles. The third-order valence-electron chi connectivity index (χ3n) is 4.76. The van der Waals surface area contributed by atoms with E-state index in [9.17, 15) is 5.11 Å². The van der Waals surface area contributed by atoms with Crippen LogP contribution in [-0.2, 0) is 0 Å². The van der Waals surface area contributed by atoms with Gasteiger partial charge in [0, 0.05) is 33.3 Å². The first-order valence-corrected chi connectivity index (χ1v) is 9.48. The summed E-state index contributed by atoms with van der Waals surface area (Å²) in [4.78, 5) is 7.76. The number of aromatic amines is 1. The molecule has 0 spiro atoms. The predicted octanol–water partition coefficient (Wildman–Crippen LogP) is 5.23. The van der Waals surface area contributed by atoms with Gasteiger partial charge in [-0.05, 0) is 49.7 Å². The van der Waals surface area contributed by atoms with Gasteiger partial charge in [0.05, 0.1) is 6.20 Å². The first kappa shape index (κ1) is 18.3. The van der Waals surface area contributed by atoms with E-state index < -0.39 is 0 Å². The Bertz CT molecular complexity index is 1160. The van der Waals surface area contributed by atoms with Crippen molar-refractivity contribution in [3.63, 3.8) is 0 Å². The summed E-state index contributed by atoms with van der Waals surface area (Å²) < 4.78 is 0. The van der Waals surface area contributed by atoms with Gasteiger partial charge in [0.25, 0.3) is 5.82 Å². The number of halogens is 1. The highest BCUT2D eigenvalue weighted by molar-refractivity contribution is 6.30. The van der Waals surface area contributed by atoms with Crippen molar-refractivity contribution in [2.24, 2.45) is 0 Å². The van der Waals surface area contributed by atoms with Gasteiger partial charge < -0.3 is 5.11 Å². The summed E-state index contributed by atoms with van der Waals surface area (Å²) in [6.07, 6.45) is 1.89. The standard InChI is InChI=1S/C23H20ClN3O/c1-14-10-11-25-20(12-14)27-21(17-4-3-5-18(24)13-17)19-9-8-16-7-6-15(2)26-22(16)23(19)28/h3-13,21,28H,1-2H3,(H,25,27)/p+1/t21-/m0/s1. The number of aromatic nitrogens is 2. The van der Waals surface area contributed by atoms with Gasteiger partial charge in [-0.25, -0.2) is 9.97 Å². The third kappa shape index (κ3) is 3.64. The molecular formula is C23H21ClN3O+. The Labute approximate surface area is 168 Å². The molecule has 0 unspecified atom stereocenters. The van der Waals surface area contributed by atoms with Crippen LogP contribution in [0.15, 0.2) is 66.9 Å². The van der Waals surface area contributed by atoms with Crippen LogP contribution in [-0.4, -0.2) is 10.1 Å². The summed E-state index contributed by atoms with van der Waals surface area (Å²) in [5.74, 6) is 1.02. The highest BCUT2D eigenvalue weighted by atomic mass is 35.5. The quantitative estimate of drug-likeness (QED) is 0.501. The van der Waals surface area contributed by atoms with Gasteiger partial charge in [0.1, 0.15) is 17.3 Å². The second-order valence-corrected chi connectivity index (χ2v) is 7.38. The average Bonchev–Trinajstić information content (AvgIpc) is 2.67. The molecule has 0 saturated heterocycles. The van der Waals surface area contributed by atoms with Gasteiger partial charge in [0.15, 0.2) is 0 Å². The Morgan fingerprint density at radius 2 is 1.86 bits per heavy atom. The van der Waals surface area contributed by atoms with Crippen molar-refractivity contribution < 1.29 is 10.1 Å². The molecule has 2 aromatic carbocycles. The van der Waals surface area contributed by atoms with Crippen molar-refractivity contribution in [2.45, 2.75) is 19.9 Å². The van der Waals surface area contributed by atoms with Gasteiger partial charge in [-0.3, -0.25) is 5.32 Å². The maximum Gasteiger partial charge on any atom is 0.273 e. The molecule has 28 heavy (non-hydrogen) atoms. The smallest absolute Gasteiger partial charge is 0.273 e. The van der Waals surface area contributed by atoms with E-state index in [1.54, 1.807) is 0 Å². The molecule has 4 aromatic rings. The van der Waals surface area contributed by atoms with Gasteiger partial charge in [-0.15, -0.1) is 0 Å². The molecule has 2 aromatic heterocycles. The number of H-pyrrole nitrogens is 1. The molecule has 0 radical (unpaired) electrons. The number of aromatic hydroxyl groups is 1.